The number of ether oxygens (including phenoxy) is 3. The van der Waals surface area contributed by atoms with Crippen LogP contribution in [0.2, 0.25) is 5.02 Å². The average molecular weight is 536 g/mol. The summed E-state index contributed by atoms with van der Waals surface area (Å²) in [6.07, 6.45) is 0. The summed E-state index contributed by atoms with van der Waals surface area (Å²) < 4.78 is 22.5. The van der Waals surface area contributed by atoms with Crippen molar-refractivity contribution in [3.05, 3.63) is 80.1 Å². The Hall–Kier alpha value is -4.17. The molecular weight excluding hydrogens is 510 g/mol. The van der Waals surface area contributed by atoms with Crippen LogP contribution in [-0.4, -0.2) is 37.2 Å². The summed E-state index contributed by atoms with van der Waals surface area (Å²) in [6, 6.07) is 11.5. The van der Waals surface area contributed by atoms with Gasteiger partial charge in [0.1, 0.15) is 11.5 Å². The van der Waals surface area contributed by atoms with Crippen LogP contribution in [0.3, 0.4) is 0 Å². The van der Waals surface area contributed by atoms with Gasteiger partial charge in [0, 0.05) is 11.6 Å². The van der Waals surface area contributed by atoms with Crippen molar-refractivity contribution in [2.24, 2.45) is 0 Å². The monoisotopic (exact) mass is 535 g/mol. The summed E-state index contributed by atoms with van der Waals surface area (Å²) in [4.78, 5) is 43.9. The molecule has 0 aliphatic rings. The molecule has 2 aromatic carbocycles. The first-order valence-electron chi connectivity index (χ1n) is 12.0. The molecule has 0 atom stereocenters. The van der Waals surface area contributed by atoms with E-state index in [2.05, 4.69) is 4.98 Å². The number of aryl methyl sites for hydroxylation is 1. The zero-order valence-electron chi connectivity index (χ0n) is 21.6. The Bertz CT molecular complexity index is 1620. The van der Waals surface area contributed by atoms with Crippen LogP contribution in [0.5, 0.6) is 5.75 Å². The first kappa shape index (κ1) is 26.9. The highest BCUT2D eigenvalue weighted by Gasteiger charge is 2.30. The van der Waals surface area contributed by atoms with Crippen LogP contribution in [-0.2, 0) is 9.47 Å². The summed E-state index contributed by atoms with van der Waals surface area (Å²) in [5.41, 5.74) is 1.61. The molecular formula is C29H26ClNO7. The van der Waals surface area contributed by atoms with Gasteiger partial charge >= 0.3 is 11.9 Å². The van der Waals surface area contributed by atoms with Crippen LogP contribution in [0.25, 0.3) is 33.6 Å². The molecule has 0 radical (unpaired) electrons. The molecule has 4 aromatic rings. The first-order chi connectivity index (χ1) is 18.2. The van der Waals surface area contributed by atoms with Gasteiger partial charge in [-0.25, -0.2) is 9.59 Å². The quantitative estimate of drug-likeness (QED) is 0.259. The van der Waals surface area contributed by atoms with E-state index in [1.54, 1.807) is 64.1 Å². The predicted octanol–water partition coefficient (Wildman–Crippen LogP) is 6.15. The summed E-state index contributed by atoms with van der Waals surface area (Å²) >= 11 is 6.39. The summed E-state index contributed by atoms with van der Waals surface area (Å²) in [6.45, 7) is 6.88. The zero-order chi connectivity index (χ0) is 27.6. The lowest BCUT2D eigenvalue weighted by Crippen LogP contribution is -2.18. The molecule has 0 aliphatic carbocycles. The molecule has 196 valence electrons. The van der Waals surface area contributed by atoms with E-state index in [9.17, 15) is 14.4 Å². The number of methoxy groups -OCH3 is 1. The molecule has 0 bridgehead atoms. The number of hydrogen-bond acceptors (Lipinski definition) is 8. The number of carbonyl (C=O) groups is 2. The Labute approximate surface area is 224 Å². The Morgan fingerprint density at radius 2 is 1.63 bits per heavy atom. The third kappa shape index (κ3) is 4.75. The fraction of sp³-hybridized carbons (Fsp3) is 0.241. The van der Waals surface area contributed by atoms with E-state index in [4.69, 9.17) is 30.2 Å². The summed E-state index contributed by atoms with van der Waals surface area (Å²) in [5.74, 6) is -0.763. The van der Waals surface area contributed by atoms with Gasteiger partial charge in [0.25, 0.3) is 0 Å². The van der Waals surface area contributed by atoms with Gasteiger partial charge < -0.3 is 18.6 Å². The van der Waals surface area contributed by atoms with Gasteiger partial charge in [-0.2, -0.15) is 0 Å². The van der Waals surface area contributed by atoms with Gasteiger partial charge in [0.15, 0.2) is 11.0 Å². The highest BCUT2D eigenvalue weighted by molar-refractivity contribution is 6.33. The van der Waals surface area contributed by atoms with Crippen molar-refractivity contribution in [2.45, 2.75) is 27.7 Å². The minimum absolute atomic E-state index is 0.0390. The lowest BCUT2D eigenvalue weighted by molar-refractivity contribution is 0.0522. The molecule has 0 fully saturated rings. The van der Waals surface area contributed by atoms with E-state index in [0.29, 0.717) is 27.6 Å². The second-order valence-electron chi connectivity index (χ2n) is 8.34. The standard InChI is InChI=1S/C29H26ClNO7/c1-6-36-28(33)23-15(3)24(29(34)37-7-2)26(31-16(23)4)25-21(35-5)13-12-18-20(32)14-22(38-27(18)25)17-10-8-9-11-19(17)30/h8-14H,6-7H2,1-5H3. The van der Waals surface area contributed by atoms with Crippen molar-refractivity contribution in [2.75, 3.05) is 20.3 Å². The van der Waals surface area contributed by atoms with Crippen LogP contribution in [0.4, 0.5) is 0 Å². The van der Waals surface area contributed by atoms with Crippen molar-refractivity contribution in [3.8, 4) is 28.3 Å². The van der Waals surface area contributed by atoms with Crippen molar-refractivity contribution in [3.63, 3.8) is 0 Å². The topological polar surface area (TPSA) is 105 Å². The molecule has 0 spiro atoms. The van der Waals surface area contributed by atoms with Gasteiger partial charge in [0.2, 0.25) is 0 Å². The van der Waals surface area contributed by atoms with Crippen molar-refractivity contribution in [1.29, 1.82) is 0 Å². The lowest BCUT2D eigenvalue weighted by Gasteiger charge is -2.19. The maximum absolute atomic E-state index is 13.3. The lowest BCUT2D eigenvalue weighted by atomic mass is 9.94. The number of pyridine rings is 1. The molecule has 4 rings (SSSR count). The van der Waals surface area contributed by atoms with E-state index >= 15 is 0 Å². The number of fused-ring (bicyclic) bond motifs is 1. The van der Waals surface area contributed by atoms with Crippen LogP contribution in [0.1, 0.15) is 45.8 Å². The first-order valence-corrected chi connectivity index (χ1v) is 12.4. The Morgan fingerprint density at radius 3 is 2.26 bits per heavy atom. The third-order valence-electron chi connectivity index (χ3n) is 6.04. The van der Waals surface area contributed by atoms with Crippen molar-refractivity contribution < 1.29 is 28.2 Å². The minimum Gasteiger partial charge on any atom is -0.496 e. The predicted molar refractivity (Wildman–Crippen MR) is 144 cm³/mol. The fourth-order valence-electron chi connectivity index (χ4n) is 4.38. The molecule has 0 aliphatic heterocycles. The van der Waals surface area contributed by atoms with Gasteiger partial charge in [-0.15, -0.1) is 0 Å². The van der Waals surface area contributed by atoms with Crippen LogP contribution in [0.15, 0.2) is 51.7 Å². The largest absolute Gasteiger partial charge is 0.496 e. The van der Waals surface area contributed by atoms with Crippen molar-refractivity contribution >= 4 is 34.5 Å². The summed E-state index contributed by atoms with van der Waals surface area (Å²) in [5, 5.41) is 0.647. The molecule has 0 unspecified atom stereocenters. The molecule has 0 saturated heterocycles. The third-order valence-corrected chi connectivity index (χ3v) is 6.37. The van der Waals surface area contributed by atoms with E-state index in [0.717, 1.165) is 0 Å². The second-order valence-corrected chi connectivity index (χ2v) is 8.74. The summed E-state index contributed by atoms with van der Waals surface area (Å²) in [7, 11) is 1.46. The minimum atomic E-state index is -0.693. The molecule has 38 heavy (non-hydrogen) atoms. The number of halogens is 1. The molecule has 9 heteroatoms. The zero-order valence-corrected chi connectivity index (χ0v) is 22.4. The highest BCUT2D eigenvalue weighted by atomic mass is 35.5. The Morgan fingerprint density at radius 1 is 0.974 bits per heavy atom. The van der Waals surface area contributed by atoms with Gasteiger partial charge in [-0.3, -0.25) is 9.78 Å². The normalized spacial score (nSPS) is 10.9. The molecule has 0 amide bonds. The Balaban J connectivity index is 2.15. The average Bonchev–Trinajstić information content (AvgIpc) is 2.88. The highest BCUT2D eigenvalue weighted by Crippen LogP contribution is 2.41. The molecule has 2 heterocycles. The van der Waals surface area contributed by atoms with E-state index < -0.39 is 11.9 Å². The number of esters is 2. The SMILES string of the molecule is CCOC(=O)c1c(C)nc(-c2c(OC)ccc3c(=O)cc(-c4ccccc4Cl)oc23)c(C(=O)OCC)c1C. The van der Waals surface area contributed by atoms with Crippen LogP contribution >= 0.6 is 11.6 Å². The second kappa shape index (κ2) is 11.1. The number of nitrogens with zero attached hydrogens (tertiary/aromatic N) is 1. The molecule has 8 nitrogen and oxygen atoms in total. The smallest absolute Gasteiger partial charge is 0.340 e. The Kier molecular flexibility index (Phi) is 7.83. The van der Waals surface area contributed by atoms with Crippen LogP contribution < -0.4 is 10.2 Å². The van der Waals surface area contributed by atoms with E-state index in [1.807, 2.05) is 0 Å². The molecule has 2 aromatic heterocycles. The molecule has 0 saturated carbocycles. The van der Waals surface area contributed by atoms with Crippen molar-refractivity contribution in [1.82, 2.24) is 4.98 Å². The van der Waals surface area contributed by atoms with Gasteiger partial charge in [-0.1, -0.05) is 23.7 Å². The number of aromatic nitrogens is 1. The van der Waals surface area contributed by atoms with Gasteiger partial charge in [0.05, 0.1) is 58.8 Å². The maximum atomic E-state index is 13.3. The fourth-order valence-corrected chi connectivity index (χ4v) is 4.61. The van der Waals surface area contributed by atoms with Gasteiger partial charge in [-0.05, 0) is 57.5 Å². The van der Waals surface area contributed by atoms with E-state index in [1.165, 1.54) is 13.2 Å². The number of rotatable bonds is 7. The number of carbonyl (C=O) groups excluding carboxylic acids is 2. The number of benzene rings is 2. The molecule has 0 N–H and O–H groups in total. The van der Waals surface area contributed by atoms with Crippen LogP contribution in [0, 0.1) is 13.8 Å². The van der Waals surface area contributed by atoms with E-state index in [-0.39, 0.29) is 57.8 Å². The maximum Gasteiger partial charge on any atom is 0.340 e. The number of hydrogen-bond donors (Lipinski definition) is 0.